The predicted octanol–water partition coefficient (Wildman–Crippen LogP) is 5.07. The minimum Gasteiger partial charge on any atom is -0.310 e. The molecule has 0 aliphatic heterocycles. The van der Waals surface area contributed by atoms with Gasteiger partial charge < -0.3 is 5.32 Å². The Balaban J connectivity index is 2.95. The minimum atomic E-state index is 0.280. The third-order valence-electron chi connectivity index (χ3n) is 4.57. The summed E-state index contributed by atoms with van der Waals surface area (Å²) in [5.41, 5.74) is 3.15. The second kappa shape index (κ2) is 7.09. The van der Waals surface area contributed by atoms with Crippen LogP contribution in [0.25, 0.3) is 0 Å². The second-order valence-electron chi connectivity index (χ2n) is 6.28. The van der Waals surface area contributed by atoms with Crippen LogP contribution >= 0.6 is 0 Å². The molecule has 0 aliphatic rings. The quantitative estimate of drug-likeness (QED) is 0.722. The van der Waals surface area contributed by atoms with Gasteiger partial charge in [0.1, 0.15) is 0 Å². The van der Waals surface area contributed by atoms with E-state index in [1.807, 2.05) is 0 Å². The Morgan fingerprint density at radius 3 is 2.05 bits per heavy atom. The van der Waals surface area contributed by atoms with Gasteiger partial charge in [0.2, 0.25) is 0 Å². The highest BCUT2D eigenvalue weighted by Crippen LogP contribution is 2.29. The maximum atomic E-state index is 3.62. The van der Waals surface area contributed by atoms with Crippen molar-refractivity contribution in [3.8, 4) is 0 Å². The highest BCUT2D eigenvalue weighted by molar-refractivity contribution is 5.30. The summed E-state index contributed by atoms with van der Waals surface area (Å²) in [6.45, 7) is 14.7. The maximum absolute atomic E-state index is 3.62. The van der Waals surface area contributed by atoms with Crippen molar-refractivity contribution in [3.05, 3.63) is 35.4 Å². The van der Waals surface area contributed by atoms with Gasteiger partial charge in [0.05, 0.1) is 0 Å². The van der Waals surface area contributed by atoms with Gasteiger partial charge in [0, 0.05) is 6.04 Å². The summed E-state index contributed by atoms with van der Waals surface area (Å²) >= 11 is 0. The molecular weight excluding hydrogens is 230 g/mol. The van der Waals surface area contributed by atoms with E-state index in [1.165, 1.54) is 24.0 Å². The first kappa shape index (κ1) is 16.2. The van der Waals surface area contributed by atoms with Crippen LogP contribution in [0.15, 0.2) is 24.3 Å². The maximum Gasteiger partial charge on any atom is 0.0345 e. The molecule has 0 bridgehead atoms. The van der Waals surface area contributed by atoms with Gasteiger partial charge in [-0.05, 0) is 35.4 Å². The number of hydrogen-bond acceptors (Lipinski definition) is 1. The molecule has 0 heterocycles. The molecule has 0 aromatic heterocycles. The first-order chi connectivity index (χ1) is 8.96. The highest BCUT2D eigenvalue weighted by atomic mass is 14.9. The van der Waals surface area contributed by atoms with Crippen LogP contribution in [0.1, 0.15) is 71.6 Å². The summed E-state index contributed by atoms with van der Waals surface area (Å²) in [7, 11) is 0. The van der Waals surface area contributed by atoms with E-state index >= 15 is 0 Å². The van der Waals surface area contributed by atoms with Crippen LogP contribution in [0, 0.1) is 5.92 Å². The Hall–Kier alpha value is -0.820. The summed E-state index contributed by atoms with van der Waals surface area (Å²) in [6.07, 6.45) is 2.38. The first-order valence-corrected chi connectivity index (χ1v) is 7.80. The molecule has 1 aromatic rings. The predicted molar refractivity (Wildman–Crippen MR) is 85.6 cm³/mol. The molecule has 1 nitrogen and oxygen atoms in total. The fourth-order valence-electron chi connectivity index (χ4n) is 2.45. The van der Waals surface area contributed by atoms with E-state index in [0.29, 0.717) is 12.0 Å². The van der Waals surface area contributed by atoms with Gasteiger partial charge in [0.25, 0.3) is 0 Å². The lowest BCUT2D eigenvalue weighted by Gasteiger charge is -2.27. The van der Waals surface area contributed by atoms with E-state index in [1.54, 1.807) is 0 Å². The molecule has 2 atom stereocenters. The third kappa shape index (κ3) is 4.07. The zero-order valence-electron chi connectivity index (χ0n) is 13.6. The van der Waals surface area contributed by atoms with Crippen LogP contribution in [0.3, 0.4) is 0 Å². The first-order valence-electron chi connectivity index (χ1n) is 7.80. The van der Waals surface area contributed by atoms with Gasteiger partial charge in [-0.1, -0.05) is 72.2 Å². The van der Waals surface area contributed by atoms with Crippen LogP contribution in [-0.4, -0.2) is 6.54 Å². The lowest BCUT2D eigenvalue weighted by molar-refractivity contribution is 0.383. The van der Waals surface area contributed by atoms with E-state index in [4.69, 9.17) is 0 Å². The Labute approximate surface area is 119 Å². The summed E-state index contributed by atoms with van der Waals surface area (Å²) in [5.74, 6) is 0.671. The average molecular weight is 261 g/mol. The lowest BCUT2D eigenvalue weighted by Crippen LogP contribution is -2.26. The summed E-state index contributed by atoms with van der Waals surface area (Å²) < 4.78 is 0. The second-order valence-corrected chi connectivity index (χ2v) is 6.28. The van der Waals surface area contributed by atoms with Gasteiger partial charge in [-0.3, -0.25) is 0 Å². The Morgan fingerprint density at radius 1 is 1.05 bits per heavy atom. The molecule has 108 valence electrons. The molecule has 0 radical (unpaired) electrons. The third-order valence-corrected chi connectivity index (χ3v) is 4.57. The van der Waals surface area contributed by atoms with E-state index in [2.05, 4.69) is 71.1 Å². The van der Waals surface area contributed by atoms with E-state index in [0.717, 1.165) is 6.54 Å². The molecule has 2 unspecified atom stereocenters. The van der Waals surface area contributed by atoms with Crippen molar-refractivity contribution in [2.45, 2.75) is 65.8 Å². The highest BCUT2D eigenvalue weighted by Gasteiger charge is 2.20. The van der Waals surface area contributed by atoms with Crippen LogP contribution in [0.2, 0.25) is 0 Å². The average Bonchev–Trinajstić information content (AvgIpc) is 2.44. The van der Waals surface area contributed by atoms with Crippen molar-refractivity contribution in [1.82, 2.24) is 5.32 Å². The van der Waals surface area contributed by atoms with Crippen LogP contribution in [0.5, 0.6) is 0 Å². The fourth-order valence-corrected chi connectivity index (χ4v) is 2.45. The van der Waals surface area contributed by atoms with Gasteiger partial charge >= 0.3 is 0 Å². The van der Waals surface area contributed by atoms with Crippen LogP contribution in [-0.2, 0) is 5.41 Å². The van der Waals surface area contributed by atoms with Crippen molar-refractivity contribution < 1.29 is 0 Å². The molecular formula is C18H31N. The molecule has 1 heteroatoms. The summed E-state index contributed by atoms with van der Waals surface area (Å²) in [4.78, 5) is 0. The number of rotatable bonds is 7. The lowest BCUT2D eigenvalue weighted by atomic mass is 9.81. The number of nitrogens with one attached hydrogen (secondary N) is 1. The zero-order chi connectivity index (χ0) is 14.5. The van der Waals surface area contributed by atoms with Crippen LogP contribution < -0.4 is 5.32 Å². The van der Waals surface area contributed by atoms with Crippen molar-refractivity contribution >= 4 is 0 Å². The fraction of sp³-hybridized carbons (Fsp3) is 0.667. The van der Waals surface area contributed by atoms with E-state index in [-0.39, 0.29) is 5.41 Å². The van der Waals surface area contributed by atoms with E-state index in [9.17, 15) is 0 Å². The molecule has 0 saturated carbocycles. The number of benzene rings is 1. The van der Waals surface area contributed by atoms with Gasteiger partial charge in [-0.15, -0.1) is 0 Å². The van der Waals surface area contributed by atoms with Gasteiger partial charge in [0.15, 0.2) is 0 Å². The summed E-state index contributed by atoms with van der Waals surface area (Å²) in [5, 5.41) is 3.62. The van der Waals surface area contributed by atoms with Crippen molar-refractivity contribution in [2.75, 3.05) is 6.54 Å². The van der Waals surface area contributed by atoms with Crippen molar-refractivity contribution in [1.29, 1.82) is 0 Å². The van der Waals surface area contributed by atoms with Gasteiger partial charge in [-0.2, -0.15) is 0 Å². The topological polar surface area (TPSA) is 12.0 Å². The number of hydrogen-bond donors (Lipinski definition) is 1. The summed E-state index contributed by atoms with van der Waals surface area (Å²) in [6, 6.07) is 9.73. The molecule has 19 heavy (non-hydrogen) atoms. The molecule has 1 aromatic carbocycles. The Bertz CT molecular complexity index is 364. The van der Waals surface area contributed by atoms with Gasteiger partial charge in [-0.25, -0.2) is 0 Å². The van der Waals surface area contributed by atoms with Crippen molar-refractivity contribution in [3.63, 3.8) is 0 Å². The molecule has 0 spiro atoms. The van der Waals surface area contributed by atoms with Crippen molar-refractivity contribution in [2.24, 2.45) is 5.92 Å². The molecule has 0 saturated heterocycles. The Kier molecular flexibility index (Phi) is 6.06. The monoisotopic (exact) mass is 261 g/mol. The SMILES string of the molecule is CCNC(c1ccc(C(C)(C)CC)cc1)C(C)CC. The molecule has 1 N–H and O–H groups in total. The molecule has 1 rings (SSSR count). The largest absolute Gasteiger partial charge is 0.310 e. The smallest absolute Gasteiger partial charge is 0.0345 e. The molecule has 0 fully saturated rings. The standard InChI is InChI=1S/C18H31N/c1-7-14(4)17(19-9-3)15-10-12-16(13-11-15)18(5,6)8-2/h10-14,17,19H,7-9H2,1-6H3. The molecule has 0 amide bonds. The normalized spacial score (nSPS) is 15.3. The molecule has 0 aliphatic carbocycles. The Morgan fingerprint density at radius 2 is 1.63 bits per heavy atom. The zero-order valence-corrected chi connectivity index (χ0v) is 13.6. The van der Waals surface area contributed by atoms with Crippen LogP contribution in [0.4, 0.5) is 0 Å². The minimum absolute atomic E-state index is 0.280. The van der Waals surface area contributed by atoms with E-state index < -0.39 is 0 Å².